The molecule has 0 aliphatic rings. The number of hydrogen-bond donors (Lipinski definition) is 1. The Bertz CT molecular complexity index is 953. The Hall–Kier alpha value is -3.21. The molecule has 0 aliphatic carbocycles. The average molecular weight is 335 g/mol. The number of nitrogens with zero attached hydrogens (tertiary/aromatic N) is 2. The summed E-state index contributed by atoms with van der Waals surface area (Å²) < 4.78 is 55.4. The first-order valence-corrected chi connectivity index (χ1v) is 6.66. The summed E-state index contributed by atoms with van der Waals surface area (Å²) >= 11 is 0. The normalized spacial score (nSPS) is 11.5. The highest BCUT2D eigenvalue weighted by molar-refractivity contribution is 5.93. The molecule has 24 heavy (non-hydrogen) atoms. The fourth-order valence-electron chi connectivity index (χ4n) is 2.47. The molecular formula is C16H9F4N3O. The lowest BCUT2D eigenvalue weighted by molar-refractivity contribution is -0.274. The molecule has 0 atom stereocenters. The van der Waals surface area contributed by atoms with Crippen molar-refractivity contribution < 1.29 is 22.3 Å². The monoisotopic (exact) mass is 335 g/mol. The SMILES string of the molecule is N#Cc1c(N)n(-c2ccc(OC(F)(F)F)cc2)c2cc(F)ccc12. The van der Waals surface area contributed by atoms with Crippen LogP contribution in [-0.2, 0) is 0 Å². The molecule has 0 saturated carbocycles. The first-order valence-electron chi connectivity index (χ1n) is 6.66. The third kappa shape index (κ3) is 2.72. The first-order chi connectivity index (χ1) is 11.3. The summed E-state index contributed by atoms with van der Waals surface area (Å²) in [5, 5.41) is 9.69. The quantitative estimate of drug-likeness (QED) is 0.717. The van der Waals surface area contributed by atoms with Crippen LogP contribution in [0, 0.1) is 17.1 Å². The molecule has 3 rings (SSSR count). The van der Waals surface area contributed by atoms with E-state index >= 15 is 0 Å². The Balaban J connectivity index is 2.14. The Kier molecular flexibility index (Phi) is 3.56. The molecule has 2 aromatic carbocycles. The van der Waals surface area contributed by atoms with Crippen LogP contribution >= 0.6 is 0 Å². The van der Waals surface area contributed by atoms with Crippen molar-refractivity contribution in [3.63, 3.8) is 0 Å². The van der Waals surface area contributed by atoms with Crippen LogP contribution in [0.2, 0.25) is 0 Å². The number of nitrogen functional groups attached to an aromatic ring is 1. The third-order valence-corrected chi connectivity index (χ3v) is 3.41. The summed E-state index contributed by atoms with van der Waals surface area (Å²) in [5.74, 6) is -0.849. The summed E-state index contributed by atoms with van der Waals surface area (Å²) in [6.07, 6.45) is -4.79. The van der Waals surface area contributed by atoms with Crippen LogP contribution < -0.4 is 10.5 Å². The molecule has 2 N–H and O–H groups in total. The van der Waals surface area contributed by atoms with Crippen LogP contribution in [0.5, 0.6) is 5.75 Å². The van der Waals surface area contributed by atoms with Gasteiger partial charge in [-0.3, -0.25) is 4.57 Å². The predicted octanol–water partition coefficient (Wildman–Crippen LogP) is 4.12. The number of fused-ring (bicyclic) bond motifs is 1. The Morgan fingerprint density at radius 1 is 1.08 bits per heavy atom. The summed E-state index contributed by atoms with van der Waals surface area (Å²) in [5.41, 5.74) is 6.84. The topological polar surface area (TPSA) is 64.0 Å². The third-order valence-electron chi connectivity index (χ3n) is 3.41. The zero-order valence-electron chi connectivity index (χ0n) is 11.9. The molecule has 0 unspecified atom stereocenters. The maximum Gasteiger partial charge on any atom is 0.573 e. The van der Waals surface area contributed by atoms with Crippen LogP contribution in [0.25, 0.3) is 16.6 Å². The zero-order valence-corrected chi connectivity index (χ0v) is 11.9. The molecule has 122 valence electrons. The number of ether oxygens (including phenoxy) is 1. The van der Waals surface area contributed by atoms with Gasteiger partial charge in [0.15, 0.2) is 0 Å². The molecule has 0 saturated heterocycles. The molecule has 0 fully saturated rings. The molecule has 8 heteroatoms. The van der Waals surface area contributed by atoms with Gasteiger partial charge in [-0.1, -0.05) is 0 Å². The second-order valence-corrected chi connectivity index (χ2v) is 4.91. The lowest BCUT2D eigenvalue weighted by Crippen LogP contribution is -2.17. The van der Waals surface area contributed by atoms with Gasteiger partial charge in [0.2, 0.25) is 0 Å². The Morgan fingerprint density at radius 3 is 2.33 bits per heavy atom. The minimum absolute atomic E-state index is 0.0718. The largest absolute Gasteiger partial charge is 0.573 e. The highest BCUT2D eigenvalue weighted by atomic mass is 19.4. The van der Waals surface area contributed by atoms with Crippen molar-refractivity contribution in [2.75, 3.05) is 5.73 Å². The van der Waals surface area contributed by atoms with E-state index < -0.39 is 17.9 Å². The highest BCUT2D eigenvalue weighted by Crippen LogP contribution is 2.32. The maximum absolute atomic E-state index is 13.5. The molecule has 0 radical (unpaired) electrons. The molecule has 1 aromatic heterocycles. The van der Waals surface area contributed by atoms with E-state index in [2.05, 4.69) is 4.74 Å². The van der Waals surface area contributed by atoms with Gasteiger partial charge < -0.3 is 10.5 Å². The second kappa shape index (κ2) is 5.45. The van der Waals surface area contributed by atoms with Crippen LogP contribution in [0.1, 0.15) is 5.56 Å². The van der Waals surface area contributed by atoms with Crippen molar-refractivity contribution in [3.05, 3.63) is 53.8 Å². The Labute approximate surface area is 133 Å². The van der Waals surface area contributed by atoms with Crippen LogP contribution in [0.3, 0.4) is 0 Å². The van der Waals surface area contributed by atoms with E-state index in [-0.39, 0.29) is 11.4 Å². The standard InChI is InChI=1S/C16H9F4N3O/c17-9-1-6-12-13(8-21)15(22)23(14(12)7-9)10-2-4-11(5-3-10)24-16(18,19)20/h1-7H,22H2. The summed E-state index contributed by atoms with van der Waals surface area (Å²) in [7, 11) is 0. The summed E-state index contributed by atoms with van der Waals surface area (Å²) in [4.78, 5) is 0. The van der Waals surface area contributed by atoms with Crippen molar-refractivity contribution >= 4 is 16.7 Å². The van der Waals surface area contributed by atoms with Crippen LogP contribution in [0.15, 0.2) is 42.5 Å². The lowest BCUT2D eigenvalue weighted by Gasteiger charge is -2.11. The van der Waals surface area contributed by atoms with Gasteiger partial charge in [0.05, 0.1) is 5.52 Å². The highest BCUT2D eigenvalue weighted by Gasteiger charge is 2.31. The van der Waals surface area contributed by atoms with E-state index in [1.165, 1.54) is 34.9 Å². The fraction of sp³-hybridized carbons (Fsp3) is 0.0625. The molecule has 0 spiro atoms. The van der Waals surface area contributed by atoms with Crippen molar-refractivity contribution in [3.8, 4) is 17.5 Å². The summed E-state index contributed by atoms with van der Waals surface area (Å²) in [6.45, 7) is 0. The number of nitriles is 1. The summed E-state index contributed by atoms with van der Waals surface area (Å²) in [6, 6.07) is 10.7. The second-order valence-electron chi connectivity index (χ2n) is 4.91. The average Bonchev–Trinajstić information content (AvgIpc) is 2.77. The van der Waals surface area contributed by atoms with Crippen molar-refractivity contribution in [1.82, 2.24) is 4.57 Å². The maximum atomic E-state index is 13.5. The van der Waals surface area contributed by atoms with Gasteiger partial charge in [0.25, 0.3) is 0 Å². The molecule has 3 aromatic rings. The number of nitrogens with two attached hydrogens (primary N) is 1. The molecule has 0 bridgehead atoms. The number of halogens is 4. The van der Waals surface area contributed by atoms with Crippen molar-refractivity contribution in [2.45, 2.75) is 6.36 Å². The minimum atomic E-state index is -4.79. The molecule has 0 aliphatic heterocycles. The van der Waals surface area contributed by atoms with E-state index in [9.17, 15) is 22.8 Å². The smallest absolute Gasteiger partial charge is 0.406 e. The van der Waals surface area contributed by atoms with E-state index in [4.69, 9.17) is 5.73 Å². The van der Waals surface area contributed by atoms with Crippen molar-refractivity contribution in [2.24, 2.45) is 0 Å². The number of anilines is 1. The van der Waals surface area contributed by atoms with Gasteiger partial charge in [-0.25, -0.2) is 4.39 Å². The number of rotatable bonds is 2. The van der Waals surface area contributed by atoms with Crippen LogP contribution in [-0.4, -0.2) is 10.9 Å². The van der Waals surface area contributed by atoms with E-state index in [0.717, 1.165) is 12.1 Å². The lowest BCUT2D eigenvalue weighted by atomic mass is 10.2. The van der Waals surface area contributed by atoms with Gasteiger partial charge in [-0.2, -0.15) is 5.26 Å². The van der Waals surface area contributed by atoms with E-state index in [1.54, 1.807) is 0 Å². The number of hydrogen-bond acceptors (Lipinski definition) is 3. The molecule has 0 amide bonds. The predicted molar refractivity (Wildman–Crippen MR) is 79.0 cm³/mol. The number of benzene rings is 2. The zero-order chi connectivity index (χ0) is 17.5. The van der Waals surface area contributed by atoms with E-state index in [0.29, 0.717) is 16.6 Å². The van der Waals surface area contributed by atoms with Gasteiger partial charge in [-0.15, -0.1) is 13.2 Å². The Morgan fingerprint density at radius 2 is 1.75 bits per heavy atom. The van der Waals surface area contributed by atoms with Crippen molar-refractivity contribution in [1.29, 1.82) is 5.26 Å². The number of aromatic nitrogens is 1. The molecular weight excluding hydrogens is 326 g/mol. The van der Waals surface area contributed by atoms with Gasteiger partial charge in [0.1, 0.15) is 29.0 Å². The molecule has 1 heterocycles. The minimum Gasteiger partial charge on any atom is -0.406 e. The van der Waals surface area contributed by atoms with Crippen LogP contribution in [0.4, 0.5) is 23.4 Å². The van der Waals surface area contributed by atoms with E-state index in [1.807, 2.05) is 6.07 Å². The first kappa shape index (κ1) is 15.7. The van der Waals surface area contributed by atoms with Gasteiger partial charge >= 0.3 is 6.36 Å². The fourth-order valence-corrected chi connectivity index (χ4v) is 2.47. The molecule has 4 nitrogen and oxygen atoms in total. The number of alkyl halides is 3. The van der Waals surface area contributed by atoms with Gasteiger partial charge in [0, 0.05) is 11.1 Å². The van der Waals surface area contributed by atoms with Gasteiger partial charge in [-0.05, 0) is 42.5 Å².